The van der Waals surface area contributed by atoms with E-state index in [0.29, 0.717) is 27.4 Å². The molecule has 6 nitrogen and oxygen atoms in total. The molecule has 4 rings (SSSR count). The van der Waals surface area contributed by atoms with Gasteiger partial charge in [-0.15, -0.1) is 0 Å². The number of hydrogen-bond donors (Lipinski definition) is 2. The van der Waals surface area contributed by atoms with Crippen LogP contribution in [0.2, 0.25) is 5.02 Å². The summed E-state index contributed by atoms with van der Waals surface area (Å²) < 4.78 is 0.838. The van der Waals surface area contributed by atoms with Crippen LogP contribution in [0.25, 0.3) is 0 Å². The van der Waals surface area contributed by atoms with Gasteiger partial charge in [-0.3, -0.25) is 14.4 Å². The Balaban J connectivity index is 1.97. The van der Waals surface area contributed by atoms with Gasteiger partial charge in [0.05, 0.1) is 11.3 Å². The highest BCUT2D eigenvalue weighted by Crippen LogP contribution is 2.38. The minimum absolute atomic E-state index is 0.326. The second-order valence-corrected chi connectivity index (χ2v) is 8.96. The number of nitrogens with one attached hydrogen (secondary N) is 2. The number of rotatable bonds is 4. The highest BCUT2D eigenvalue weighted by Gasteiger charge is 2.43. The molecular formula is C24H19ClIN3O3. The molecule has 0 saturated heterocycles. The van der Waals surface area contributed by atoms with Crippen molar-refractivity contribution in [3.8, 4) is 0 Å². The molecule has 2 atom stereocenters. The van der Waals surface area contributed by atoms with Crippen molar-refractivity contribution in [3.05, 3.63) is 98.1 Å². The molecule has 2 unspecified atom stereocenters. The van der Waals surface area contributed by atoms with Gasteiger partial charge in [0.15, 0.2) is 0 Å². The summed E-state index contributed by atoms with van der Waals surface area (Å²) in [6.07, 6.45) is 0. The molecule has 0 aliphatic carbocycles. The van der Waals surface area contributed by atoms with Crippen molar-refractivity contribution in [2.75, 3.05) is 12.4 Å². The number of halogens is 2. The largest absolute Gasteiger partial charge is 0.357 e. The van der Waals surface area contributed by atoms with Crippen LogP contribution < -0.4 is 10.6 Å². The summed E-state index contributed by atoms with van der Waals surface area (Å²) in [5, 5.41) is 6.02. The second kappa shape index (κ2) is 9.30. The predicted octanol–water partition coefficient (Wildman–Crippen LogP) is 4.57. The number of amides is 3. The van der Waals surface area contributed by atoms with Gasteiger partial charge in [0, 0.05) is 15.6 Å². The zero-order valence-electron chi connectivity index (χ0n) is 17.0. The van der Waals surface area contributed by atoms with Crippen LogP contribution in [0.5, 0.6) is 0 Å². The second-order valence-electron chi connectivity index (χ2n) is 7.27. The Kier molecular flexibility index (Phi) is 6.48. The number of nitrogens with zero attached hydrogens (tertiary/aromatic N) is 1. The normalized spacial score (nSPS) is 16.6. The Morgan fingerprint density at radius 1 is 1.06 bits per heavy atom. The van der Waals surface area contributed by atoms with Gasteiger partial charge in [-0.2, -0.15) is 0 Å². The number of anilines is 1. The zero-order chi connectivity index (χ0) is 22.8. The number of likely N-dealkylation sites (N-methyl/N-ethyl adjacent to an activating group) is 1. The molecule has 3 amide bonds. The average Bonchev–Trinajstić information content (AvgIpc) is 2.90. The Morgan fingerprint density at radius 2 is 1.75 bits per heavy atom. The minimum Gasteiger partial charge on any atom is -0.357 e. The highest BCUT2D eigenvalue weighted by atomic mass is 127. The van der Waals surface area contributed by atoms with Crippen molar-refractivity contribution in [3.63, 3.8) is 0 Å². The number of carbonyl (C=O) groups is 3. The third-order valence-corrected chi connectivity index (χ3v) is 6.23. The Morgan fingerprint density at radius 3 is 2.41 bits per heavy atom. The van der Waals surface area contributed by atoms with Crippen molar-refractivity contribution in [2.45, 2.75) is 12.1 Å². The summed E-state index contributed by atoms with van der Waals surface area (Å²) >= 11 is 8.17. The van der Waals surface area contributed by atoms with Crippen molar-refractivity contribution in [1.82, 2.24) is 10.2 Å². The standard InChI is InChI=1S/C24H19ClIN3O3/c1-27-22(30)20(14-5-3-2-4-6-14)29-21(15-7-9-16(25)10-8-15)23(31)28-19-12-11-17(26)13-18(19)24(29)32/h2-13,20-21H,1H3,(H,27,30)(H,28,31). The summed E-state index contributed by atoms with van der Waals surface area (Å²) in [6, 6.07) is 18.8. The molecule has 0 bridgehead atoms. The molecule has 162 valence electrons. The Labute approximate surface area is 204 Å². The molecule has 1 heterocycles. The van der Waals surface area contributed by atoms with E-state index >= 15 is 0 Å². The van der Waals surface area contributed by atoms with Crippen LogP contribution in [0.15, 0.2) is 72.8 Å². The zero-order valence-corrected chi connectivity index (χ0v) is 19.9. The van der Waals surface area contributed by atoms with Crippen molar-refractivity contribution >= 4 is 57.6 Å². The fraction of sp³-hybridized carbons (Fsp3) is 0.125. The third-order valence-electron chi connectivity index (χ3n) is 5.30. The van der Waals surface area contributed by atoms with Crippen molar-refractivity contribution < 1.29 is 14.4 Å². The van der Waals surface area contributed by atoms with Gasteiger partial charge in [0.1, 0.15) is 12.1 Å². The monoisotopic (exact) mass is 559 g/mol. The minimum atomic E-state index is -1.05. The molecule has 0 spiro atoms. The van der Waals surface area contributed by atoms with Crippen LogP contribution in [0, 0.1) is 3.57 Å². The number of fused-ring (bicyclic) bond motifs is 1. The van der Waals surface area contributed by atoms with E-state index in [1.165, 1.54) is 11.9 Å². The van der Waals surface area contributed by atoms with E-state index in [1.54, 1.807) is 60.7 Å². The van der Waals surface area contributed by atoms with Crippen molar-refractivity contribution in [2.24, 2.45) is 0 Å². The summed E-state index contributed by atoms with van der Waals surface area (Å²) in [7, 11) is 1.51. The van der Waals surface area contributed by atoms with Crippen LogP contribution in [-0.2, 0) is 9.59 Å². The Hall–Kier alpha value is -2.91. The Bertz CT molecular complexity index is 1180. The highest BCUT2D eigenvalue weighted by molar-refractivity contribution is 14.1. The summed E-state index contributed by atoms with van der Waals surface area (Å²) in [6.45, 7) is 0. The molecule has 32 heavy (non-hydrogen) atoms. The molecule has 0 saturated carbocycles. The molecule has 1 aliphatic rings. The SMILES string of the molecule is CNC(=O)C(c1ccccc1)N1C(=O)c2cc(I)ccc2NC(=O)C1c1ccc(Cl)cc1. The lowest BCUT2D eigenvalue weighted by molar-refractivity contribution is -0.128. The summed E-state index contributed by atoms with van der Waals surface area (Å²) in [5.74, 6) is -1.23. The van der Waals surface area contributed by atoms with E-state index in [0.717, 1.165) is 3.57 Å². The lowest BCUT2D eigenvalue weighted by Gasteiger charge is -2.35. The van der Waals surface area contributed by atoms with Gasteiger partial charge in [0.2, 0.25) is 5.91 Å². The third kappa shape index (κ3) is 4.22. The topological polar surface area (TPSA) is 78.5 Å². The summed E-state index contributed by atoms with van der Waals surface area (Å²) in [5.41, 5.74) is 1.88. The van der Waals surface area contributed by atoms with Gasteiger partial charge in [0.25, 0.3) is 11.8 Å². The molecule has 3 aromatic carbocycles. The molecule has 1 aliphatic heterocycles. The van der Waals surface area contributed by atoms with Crippen LogP contribution >= 0.6 is 34.2 Å². The van der Waals surface area contributed by atoms with E-state index in [9.17, 15) is 14.4 Å². The number of carbonyl (C=O) groups excluding carboxylic acids is 3. The lowest BCUT2D eigenvalue weighted by atomic mass is 9.97. The fourth-order valence-electron chi connectivity index (χ4n) is 3.82. The maximum absolute atomic E-state index is 13.9. The fourth-order valence-corrected chi connectivity index (χ4v) is 4.44. The van der Waals surface area contributed by atoms with Gasteiger partial charge < -0.3 is 15.5 Å². The van der Waals surface area contributed by atoms with Crippen LogP contribution in [-0.4, -0.2) is 29.7 Å². The van der Waals surface area contributed by atoms with E-state index in [2.05, 4.69) is 33.2 Å². The number of benzene rings is 3. The van der Waals surface area contributed by atoms with Crippen LogP contribution in [0.4, 0.5) is 5.69 Å². The smallest absolute Gasteiger partial charge is 0.257 e. The van der Waals surface area contributed by atoms with Gasteiger partial charge in [-0.05, 0) is 64.0 Å². The molecule has 0 radical (unpaired) electrons. The first kappa shape index (κ1) is 22.3. The molecule has 2 N–H and O–H groups in total. The molecule has 0 aromatic heterocycles. The first-order valence-corrected chi connectivity index (χ1v) is 11.3. The molecule has 8 heteroatoms. The quantitative estimate of drug-likeness (QED) is 0.460. The predicted molar refractivity (Wildman–Crippen MR) is 131 cm³/mol. The van der Waals surface area contributed by atoms with Gasteiger partial charge >= 0.3 is 0 Å². The molecule has 0 fully saturated rings. The van der Waals surface area contributed by atoms with E-state index < -0.39 is 29.8 Å². The average molecular weight is 560 g/mol. The van der Waals surface area contributed by atoms with Crippen molar-refractivity contribution in [1.29, 1.82) is 0 Å². The maximum atomic E-state index is 13.9. The lowest BCUT2D eigenvalue weighted by Crippen LogP contribution is -2.46. The van der Waals surface area contributed by atoms with Gasteiger partial charge in [-0.1, -0.05) is 54.1 Å². The molecule has 3 aromatic rings. The van der Waals surface area contributed by atoms with Gasteiger partial charge in [-0.25, -0.2) is 0 Å². The maximum Gasteiger partial charge on any atom is 0.257 e. The first-order valence-electron chi connectivity index (χ1n) is 9.86. The first-order chi connectivity index (χ1) is 15.4. The van der Waals surface area contributed by atoms with E-state index in [4.69, 9.17) is 11.6 Å². The molecular weight excluding hydrogens is 541 g/mol. The van der Waals surface area contributed by atoms with E-state index in [-0.39, 0.29) is 0 Å². The number of hydrogen-bond acceptors (Lipinski definition) is 3. The van der Waals surface area contributed by atoms with E-state index in [1.807, 2.05) is 12.1 Å². The van der Waals surface area contributed by atoms with Crippen LogP contribution in [0.1, 0.15) is 33.6 Å². The van der Waals surface area contributed by atoms with Crippen LogP contribution in [0.3, 0.4) is 0 Å². The summed E-state index contributed by atoms with van der Waals surface area (Å²) in [4.78, 5) is 41.9.